The minimum atomic E-state index is -0.874. The zero-order valence-electron chi connectivity index (χ0n) is 13.6. The van der Waals surface area contributed by atoms with E-state index in [9.17, 15) is 9.59 Å². The Morgan fingerprint density at radius 2 is 2.00 bits per heavy atom. The predicted molar refractivity (Wildman–Crippen MR) is 115 cm³/mol. The van der Waals surface area contributed by atoms with Crippen LogP contribution in [0.15, 0.2) is 47.5 Å². The average Bonchev–Trinajstić information content (AvgIpc) is 3.15. The number of carboxylic acids is 1. The van der Waals surface area contributed by atoms with Crippen LogP contribution < -0.4 is 0 Å². The standard InChI is InChI=1S/C18H15IN2O3S2/c19-12-5-7-13(8-6-12)20-9-1-3-14(20)11-15-17(24)21(18(25)26-15)10-2-4-16(22)23/h1,3,5-9,11H,2,4,10H2,(H,22,23)/b15-11+. The van der Waals surface area contributed by atoms with Gasteiger partial charge >= 0.3 is 5.97 Å². The number of carboxylic acid groups (broad SMARTS) is 1. The number of benzene rings is 1. The molecule has 26 heavy (non-hydrogen) atoms. The highest BCUT2D eigenvalue weighted by molar-refractivity contribution is 14.1. The summed E-state index contributed by atoms with van der Waals surface area (Å²) in [4.78, 5) is 25.3. The summed E-state index contributed by atoms with van der Waals surface area (Å²) in [6.07, 6.45) is 4.18. The van der Waals surface area contributed by atoms with Crippen molar-refractivity contribution in [2.75, 3.05) is 6.54 Å². The van der Waals surface area contributed by atoms with Gasteiger partial charge in [0.15, 0.2) is 0 Å². The largest absolute Gasteiger partial charge is 0.481 e. The Kier molecular flexibility index (Phi) is 6.15. The molecule has 0 saturated carbocycles. The number of aromatic nitrogens is 1. The van der Waals surface area contributed by atoms with Crippen LogP contribution in [0.2, 0.25) is 0 Å². The number of aliphatic carboxylic acids is 1. The van der Waals surface area contributed by atoms with Crippen LogP contribution in [0, 0.1) is 3.57 Å². The lowest BCUT2D eigenvalue weighted by Gasteiger charge is -2.13. The van der Waals surface area contributed by atoms with E-state index >= 15 is 0 Å². The van der Waals surface area contributed by atoms with Crippen LogP contribution in [0.3, 0.4) is 0 Å². The molecule has 0 atom stereocenters. The molecule has 1 aromatic heterocycles. The van der Waals surface area contributed by atoms with E-state index in [1.54, 1.807) is 0 Å². The van der Waals surface area contributed by atoms with Crippen molar-refractivity contribution in [1.29, 1.82) is 0 Å². The molecule has 8 heteroatoms. The molecule has 0 bridgehead atoms. The number of thiocarbonyl (C=S) groups is 1. The molecular formula is C18H15IN2O3S2. The van der Waals surface area contributed by atoms with E-state index in [2.05, 4.69) is 22.6 Å². The highest BCUT2D eigenvalue weighted by Gasteiger charge is 2.31. The molecule has 1 amide bonds. The lowest BCUT2D eigenvalue weighted by Crippen LogP contribution is -2.29. The van der Waals surface area contributed by atoms with E-state index in [4.69, 9.17) is 17.3 Å². The van der Waals surface area contributed by atoms with Crippen molar-refractivity contribution in [3.63, 3.8) is 0 Å². The maximum Gasteiger partial charge on any atom is 0.303 e. The van der Waals surface area contributed by atoms with Gasteiger partial charge in [-0.25, -0.2) is 0 Å². The van der Waals surface area contributed by atoms with Crippen LogP contribution in [-0.4, -0.2) is 37.3 Å². The smallest absolute Gasteiger partial charge is 0.303 e. The normalized spacial score (nSPS) is 15.9. The lowest BCUT2D eigenvalue weighted by atomic mass is 10.2. The van der Waals surface area contributed by atoms with Gasteiger partial charge < -0.3 is 9.67 Å². The lowest BCUT2D eigenvalue weighted by molar-refractivity contribution is -0.137. The molecule has 2 aromatic rings. The van der Waals surface area contributed by atoms with Crippen molar-refractivity contribution < 1.29 is 14.7 Å². The predicted octanol–water partition coefficient (Wildman–Crippen LogP) is 4.15. The van der Waals surface area contributed by atoms with Crippen LogP contribution in [0.4, 0.5) is 0 Å². The number of amides is 1. The van der Waals surface area contributed by atoms with Gasteiger partial charge in [0.1, 0.15) is 4.32 Å². The van der Waals surface area contributed by atoms with Gasteiger partial charge in [-0.2, -0.15) is 0 Å². The molecule has 0 radical (unpaired) electrons. The van der Waals surface area contributed by atoms with Crippen molar-refractivity contribution in [1.82, 2.24) is 9.47 Å². The maximum absolute atomic E-state index is 12.6. The minimum Gasteiger partial charge on any atom is -0.481 e. The highest BCUT2D eigenvalue weighted by atomic mass is 127. The fourth-order valence-corrected chi connectivity index (χ4v) is 4.22. The molecular weight excluding hydrogens is 483 g/mol. The maximum atomic E-state index is 12.6. The van der Waals surface area contributed by atoms with Crippen LogP contribution in [0.1, 0.15) is 18.5 Å². The Hall–Kier alpha value is -1.65. The number of hydrogen-bond acceptors (Lipinski definition) is 4. The minimum absolute atomic E-state index is 0.0196. The molecule has 134 valence electrons. The van der Waals surface area contributed by atoms with Gasteiger partial charge in [-0.1, -0.05) is 24.0 Å². The van der Waals surface area contributed by atoms with Gasteiger partial charge in [0.25, 0.3) is 5.91 Å². The Morgan fingerprint density at radius 3 is 2.69 bits per heavy atom. The van der Waals surface area contributed by atoms with Crippen molar-refractivity contribution >= 4 is 68.8 Å². The van der Waals surface area contributed by atoms with E-state index in [0.29, 0.717) is 22.2 Å². The summed E-state index contributed by atoms with van der Waals surface area (Å²) in [5.41, 5.74) is 1.90. The quantitative estimate of drug-likeness (QED) is 0.369. The Bertz CT molecular complexity index is 890. The molecule has 5 nitrogen and oxygen atoms in total. The Labute approximate surface area is 174 Å². The second kappa shape index (κ2) is 8.36. The summed E-state index contributed by atoms with van der Waals surface area (Å²) in [5.74, 6) is -1.04. The number of carbonyl (C=O) groups excluding carboxylic acids is 1. The van der Waals surface area contributed by atoms with Crippen LogP contribution in [0.25, 0.3) is 11.8 Å². The van der Waals surface area contributed by atoms with E-state index < -0.39 is 5.97 Å². The third kappa shape index (κ3) is 4.36. The first-order chi connectivity index (χ1) is 12.5. The molecule has 1 aromatic carbocycles. The topological polar surface area (TPSA) is 62.5 Å². The number of halogens is 1. The summed E-state index contributed by atoms with van der Waals surface area (Å²) in [7, 11) is 0. The first-order valence-electron chi connectivity index (χ1n) is 7.86. The molecule has 1 aliphatic rings. The summed E-state index contributed by atoms with van der Waals surface area (Å²) >= 11 is 8.79. The number of hydrogen-bond donors (Lipinski definition) is 1. The van der Waals surface area contributed by atoms with Crippen LogP contribution in [-0.2, 0) is 9.59 Å². The molecule has 1 aliphatic heterocycles. The highest BCUT2D eigenvalue weighted by Crippen LogP contribution is 2.33. The fraction of sp³-hybridized carbons (Fsp3) is 0.167. The number of nitrogens with zero attached hydrogens (tertiary/aromatic N) is 2. The number of rotatable bonds is 6. The Balaban J connectivity index is 1.80. The Morgan fingerprint density at radius 1 is 1.27 bits per heavy atom. The molecule has 3 rings (SSSR count). The van der Waals surface area contributed by atoms with E-state index in [1.807, 2.05) is 53.2 Å². The zero-order valence-corrected chi connectivity index (χ0v) is 17.4. The van der Waals surface area contributed by atoms with Crippen molar-refractivity contribution in [3.8, 4) is 5.69 Å². The van der Waals surface area contributed by atoms with Crippen molar-refractivity contribution in [3.05, 3.63) is 56.8 Å². The fourth-order valence-electron chi connectivity index (χ4n) is 2.56. The van der Waals surface area contributed by atoms with E-state index in [1.165, 1.54) is 16.7 Å². The second-order valence-corrected chi connectivity index (χ2v) is 8.53. The van der Waals surface area contributed by atoms with Gasteiger partial charge in [-0.15, -0.1) is 0 Å². The van der Waals surface area contributed by atoms with Crippen molar-refractivity contribution in [2.24, 2.45) is 0 Å². The molecule has 1 fully saturated rings. The molecule has 0 unspecified atom stereocenters. The van der Waals surface area contributed by atoms with Crippen LogP contribution in [0.5, 0.6) is 0 Å². The van der Waals surface area contributed by atoms with Crippen LogP contribution >= 0.6 is 46.6 Å². The number of thioether (sulfide) groups is 1. The summed E-state index contributed by atoms with van der Waals surface area (Å²) in [6, 6.07) is 12.0. The van der Waals surface area contributed by atoms with E-state index in [0.717, 1.165) is 15.0 Å². The van der Waals surface area contributed by atoms with Gasteiger partial charge in [-0.05, 0) is 71.5 Å². The first-order valence-corrected chi connectivity index (χ1v) is 10.2. The zero-order chi connectivity index (χ0) is 18.7. The molecule has 1 N–H and O–H groups in total. The SMILES string of the molecule is O=C(O)CCCN1C(=O)/C(=C\c2cccn2-c2ccc(I)cc2)SC1=S. The van der Waals surface area contributed by atoms with Gasteiger partial charge in [0, 0.05) is 34.1 Å². The number of carbonyl (C=O) groups is 2. The third-order valence-electron chi connectivity index (χ3n) is 3.81. The summed E-state index contributed by atoms with van der Waals surface area (Å²) < 4.78 is 3.63. The van der Waals surface area contributed by atoms with Gasteiger partial charge in [-0.3, -0.25) is 14.5 Å². The molecule has 0 spiro atoms. The van der Waals surface area contributed by atoms with Gasteiger partial charge in [0.2, 0.25) is 0 Å². The molecule has 1 saturated heterocycles. The monoisotopic (exact) mass is 498 g/mol. The van der Waals surface area contributed by atoms with Gasteiger partial charge in [0.05, 0.1) is 4.91 Å². The first kappa shape index (κ1) is 19.1. The summed E-state index contributed by atoms with van der Waals surface area (Å²) in [6.45, 7) is 0.326. The third-order valence-corrected chi connectivity index (χ3v) is 5.91. The summed E-state index contributed by atoms with van der Waals surface area (Å²) in [5, 5.41) is 8.74. The van der Waals surface area contributed by atoms with E-state index in [-0.39, 0.29) is 12.3 Å². The second-order valence-electron chi connectivity index (χ2n) is 5.61. The molecule has 0 aliphatic carbocycles. The molecule has 2 heterocycles. The average molecular weight is 498 g/mol. The van der Waals surface area contributed by atoms with Crippen molar-refractivity contribution in [2.45, 2.75) is 12.8 Å².